The number of halogens is 2. The molecule has 3 aromatic carbocycles. The zero-order chi connectivity index (χ0) is 24.2. The lowest BCUT2D eigenvalue weighted by Gasteiger charge is -2.24. The van der Waals surface area contributed by atoms with Crippen LogP contribution in [0, 0.1) is 20.8 Å². The third kappa shape index (κ3) is 6.15. The summed E-state index contributed by atoms with van der Waals surface area (Å²) < 4.78 is 28.7. The molecule has 1 amide bonds. The van der Waals surface area contributed by atoms with E-state index in [1.807, 2.05) is 49.4 Å². The molecule has 0 spiro atoms. The lowest BCUT2D eigenvalue weighted by Crippen LogP contribution is -2.40. The van der Waals surface area contributed by atoms with E-state index < -0.39 is 15.9 Å². The first-order valence-electron chi connectivity index (χ1n) is 10.5. The van der Waals surface area contributed by atoms with Crippen molar-refractivity contribution in [2.45, 2.75) is 32.1 Å². The summed E-state index contributed by atoms with van der Waals surface area (Å²) >= 11 is 12.3. The van der Waals surface area contributed by atoms with Crippen molar-refractivity contribution in [3.8, 4) is 0 Å². The molecule has 33 heavy (non-hydrogen) atoms. The van der Waals surface area contributed by atoms with Gasteiger partial charge in [0.2, 0.25) is 15.9 Å². The molecule has 8 heteroatoms. The van der Waals surface area contributed by atoms with Crippen LogP contribution in [-0.4, -0.2) is 31.7 Å². The van der Waals surface area contributed by atoms with Crippen LogP contribution in [0.1, 0.15) is 22.3 Å². The fourth-order valence-electron chi connectivity index (χ4n) is 3.84. The predicted octanol–water partition coefficient (Wildman–Crippen LogP) is 5.79. The molecule has 3 aromatic rings. The van der Waals surface area contributed by atoms with Gasteiger partial charge < -0.3 is 5.32 Å². The first-order valence-corrected chi connectivity index (χ1v) is 12.6. The normalized spacial score (nSPS) is 11.6. The number of anilines is 1. The van der Waals surface area contributed by atoms with Crippen LogP contribution in [0.3, 0.4) is 0 Å². The Balaban J connectivity index is 1.93. The SMILES string of the molecule is Cc1cc(C)c(S(=O)(=O)N(CCc2ccccc2)CC(=O)Nc2c(Cl)cccc2Cl)c(C)c1. The van der Waals surface area contributed by atoms with Gasteiger partial charge in [-0.3, -0.25) is 4.79 Å². The molecular formula is C25H26Cl2N2O3S. The maximum absolute atomic E-state index is 13.7. The van der Waals surface area contributed by atoms with E-state index in [1.54, 1.807) is 32.0 Å². The average Bonchev–Trinajstić information content (AvgIpc) is 2.73. The highest BCUT2D eigenvalue weighted by Crippen LogP contribution is 2.30. The van der Waals surface area contributed by atoms with Gasteiger partial charge in [0, 0.05) is 6.54 Å². The Kier molecular flexibility index (Phi) is 8.19. The molecule has 0 radical (unpaired) electrons. The highest BCUT2D eigenvalue weighted by molar-refractivity contribution is 7.89. The second kappa shape index (κ2) is 10.7. The Hall–Kier alpha value is -2.38. The monoisotopic (exact) mass is 504 g/mol. The molecule has 5 nitrogen and oxygen atoms in total. The minimum absolute atomic E-state index is 0.142. The molecule has 0 heterocycles. The zero-order valence-electron chi connectivity index (χ0n) is 18.7. The zero-order valence-corrected chi connectivity index (χ0v) is 21.1. The minimum Gasteiger partial charge on any atom is -0.322 e. The number of sulfonamides is 1. The minimum atomic E-state index is -3.95. The summed E-state index contributed by atoms with van der Waals surface area (Å²) in [5, 5.41) is 3.22. The van der Waals surface area contributed by atoms with Gasteiger partial charge in [0.1, 0.15) is 0 Å². The van der Waals surface area contributed by atoms with Gasteiger partial charge in [0.05, 0.1) is 27.2 Å². The van der Waals surface area contributed by atoms with E-state index in [9.17, 15) is 13.2 Å². The first kappa shape index (κ1) is 25.2. The summed E-state index contributed by atoms with van der Waals surface area (Å²) in [4.78, 5) is 13.1. The Morgan fingerprint density at radius 1 is 0.909 bits per heavy atom. The third-order valence-electron chi connectivity index (χ3n) is 5.24. The number of nitrogens with one attached hydrogen (secondary N) is 1. The topological polar surface area (TPSA) is 66.5 Å². The lowest BCUT2D eigenvalue weighted by molar-refractivity contribution is -0.116. The van der Waals surface area contributed by atoms with Crippen molar-refractivity contribution >= 4 is 44.8 Å². The van der Waals surface area contributed by atoms with Crippen LogP contribution in [0.5, 0.6) is 0 Å². The third-order valence-corrected chi connectivity index (χ3v) is 8.02. The molecule has 3 rings (SSSR count). The molecule has 0 fully saturated rings. The number of rotatable bonds is 8. The second-order valence-electron chi connectivity index (χ2n) is 7.95. The van der Waals surface area contributed by atoms with E-state index in [2.05, 4.69) is 5.32 Å². The molecule has 0 aliphatic heterocycles. The summed E-state index contributed by atoms with van der Waals surface area (Å²) in [5.74, 6) is -0.524. The second-order valence-corrected chi connectivity index (χ2v) is 10.6. The molecule has 0 aliphatic rings. The summed E-state index contributed by atoms with van der Waals surface area (Å²) in [7, 11) is -3.95. The van der Waals surface area contributed by atoms with Crippen LogP contribution >= 0.6 is 23.2 Å². The van der Waals surface area contributed by atoms with Gasteiger partial charge in [-0.05, 0) is 56.0 Å². The predicted molar refractivity (Wildman–Crippen MR) is 135 cm³/mol. The number of carbonyl (C=O) groups is 1. The Morgan fingerprint density at radius 2 is 1.48 bits per heavy atom. The number of para-hydroxylation sites is 1. The molecule has 0 unspecified atom stereocenters. The molecule has 0 aliphatic carbocycles. The van der Waals surface area contributed by atoms with Crippen LogP contribution in [0.25, 0.3) is 0 Å². The highest BCUT2D eigenvalue weighted by Gasteiger charge is 2.30. The number of carbonyl (C=O) groups excluding carboxylic acids is 1. The molecule has 1 N–H and O–H groups in total. The highest BCUT2D eigenvalue weighted by atomic mass is 35.5. The van der Waals surface area contributed by atoms with Crippen LogP contribution in [0.15, 0.2) is 65.6 Å². The van der Waals surface area contributed by atoms with Crippen molar-refractivity contribution in [2.75, 3.05) is 18.4 Å². The van der Waals surface area contributed by atoms with Crippen LogP contribution in [0.4, 0.5) is 5.69 Å². The Morgan fingerprint density at radius 3 is 2.06 bits per heavy atom. The number of benzene rings is 3. The fourth-order valence-corrected chi connectivity index (χ4v) is 6.14. The van der Waals surface area contributed by atoms with E-state index in [4.69, 9.17) is 23.2 Å². The summed E-state index contributed by atoms with van der Waals surface area (Å²) in [6, 6.07) is 18.1. The van der Waals surface area contributed by atoms with Gasteiger partial charge in [-0.1, -0.05) is 77.3 Å². The maximum atomic E-state index is 13.7. The number of nitrogens with zero attached hydrogens (tertiary/aromatic N) is 1. The molecular weight excluding hydrogens is 479 g/mol. The number of hydrogen-bond donors (Lipinski definition) is 1. The largest absolute Gasteiger partial charge is 0.322 e. The molecule has 174 valence electrons. The summed E-state index contributed by atoms with van der Waals surface area (Å²) in [5.41, 5.74) is 3.50. The molecule has 0 bridgehead atoms. The van der Waals surface area contributed by atoms with Gasteiger partial charge >= 0.3 is 0 Å². The molecule has 0 saturated carbocycles. The molecule has 0 aromatic heterocycles. The number of hydrogen-bond acceptors (Lipinski definition) is 3. The lowest BCUT2D eigenvalue weighted by atomic mass is 10.1. The maximum Gasteiger partial charge on any atom is 0.244 e. The molecule has 0 saturated heterocycles. The van der Waals surface area contributed by atoms with Crippen molar-refractivity contribution < 1.29 is 13.2 Å². The number of aryl methyl sites for hydroxylation is 3. The Bertz CT molecular complexity index is 1220. The van der Waals surface area contributed by atoms with E-state index in [1.165, 1.54) is 4.31 Å². The van der Waals surface area contributed by atoms with Gasteiger partial charge in [0.25, 0.3) is 0 Å². The van der Waals surface area contributed by atoms with Crippen molar-refractivity contribution in [3.05, 3.63) is 93.0 Å². The van der Waals surface area contributed by atoms with Crippen LogP contribution < -0.4 is 5.32 Å². The van der Waals surface area contributed by atoms with E-state index >= 15 is 0 Å². The molecule has 0 atom stereocenters. The Labute approximate surface area is 205 Å². The van der Waals surface area contributed by atoms with Crippen molar-refractivity contribution in [3.63, 3.8) is 0 Å². The standard InChI is InChI=1S/C25H26Cl2N2O3S/c1-17-14-18(2)25(19(3)15-17)33(31,32)29(13-12-20-8-5-4-6-9-20)16-23(30)28-24-21(26)10-7-11-22(24)27/h4-11,14-15H,12-13,16H2,1-3H3,(H,28,30). The summed E-state index contributed by atoms with van der Waals surface area (Å²) in [6.45, 7) is 5.23. The van der Waals surface area contributed by atoms with E-state index in [0.717, 1.165) is 11.1 Å². The van der Waals surface area contributed by atoms with E-state index in [0.29, 0.717) is 17.5 Å². The van der Waals surface area contributed by atoms with Gasteiger partial charge in [-0.15, -0.1) is 0 Å². The fraction of sp³-hybridized carbons (Fsp3) is 0.240. The quantitative estimate of drug-likeness (QED) is 0.422. The van der Waals surface area contributed by atoms with Crippen molar-refractivity contribution in [1.82, 2.24) is 4.31 Å². The van der Waals surface area contributed by atoms with Crippen LogP contribution in [-0.2, 0) is 21.2 Å². The average molecular weight is 505 g/mol. The van der Waals surface area contributed by atoms with Gasteiger partial charge in [0.15, 0.2) is 0 Å². The van der Waals surface area contributed by atoms with Crippen molar-refractivity contribution in [1.29, 1.82) is 0 Å². The number of amides is 1. The summed E-state index contributed by atoms with van der Waals surface area (Å²) in [6.07, 6.45) is 0.462. The van der Waals surface area contributed by atoms with E-state index in [-0.39, 0.29) is 33.7 Å². The van der Waals surface area contributed by atoms with Gasteiger partial charge in [-0.25, -0.2) is 8.42 Å². The first-order chi connectivity index (χ1) is 15.6. The smallest absolute Gasteiger partial charge is 0.244 e. The van der Waals surface area contributed by atoms with Crippen molar-refractivity contribution in [2.24, 2.45) is 0 Å². The van der Waals surface area contributed by atoms with Gasteiger partial charge in [-0.2, -0.15) is 4.31 Å². The van der Waals surface area contributed by atoms with Crippen LogP contribution in [0.2, 0.25) is 10.0 Å².